The zero-order valence-corrected chi connectivity index (χ0v) is 10.4. The molecule has 0 heterocycles. The highest BCUT2D eigenvalue weighted by Crippen LogP contribution is 2.11. The Hall–Kier alpha value is 0.440. The zero-order valence-electron chi connectivity index (χ0n) is 8.81. The first-order chi connectivity index (χ1) is 5.65. The molecule has 2 heteroatoms. The minimum atomic E-state index is 0.658. The Morgan fingerprint density at radius 3 is 2.08 bits per heavy atom. The van der Waals surface area contributed by atoms with Crippen LogP contribution in [-0.2, 0) is 0 Å². The summed E-state index contributed by atoms with van der Waals surface area (Å²) in [6, 6.07) is 0.658. The minimum absolute atomic E-state index is 0.658. The van der Waals surface area contributed by atoms with Crippen LogP contribution in [0.1, 0.15) is 33.6 Å². The highest BCUT2D eigenvalue weighted by molar-refractivity contribution is 9.09. The molecule has 0 N–H and O–H groups in total. The zero-order chi connectivity index (χ0) is 9.56. The highest BCUT2D eigenvalue weighted by atomic mass is 79.9. The first kappa shape index (κ1) is 12.4. The van der Waals surface area contributed by atoms with Gasteiger partial charge in [0, 0.05) is 17.9 Å². The lowest BCUT2D eigenvalue weighted by atomic mass is 10.0. The molecular formula is C10H22BrN. The van der Waals surface area contributed by atoms with Crippen molar-refractivity contribution in [2.75, 3.05) is 18.9 Å². The van der Waals surface area contributed by atoms with Crippen molar-refractivity contribution in [1.29, 1.82) is 0 Å². The molecule has 0 saturated carbocycles. The molecule has 0 saturated heterocycles. The topological polar surface area (TPSA) is 3.24 Å². The molecule has 0 spiro atoms. The van der Waals surface area contributed by atoms with Crippen molar-refractivity contribution in [3.05, 3.63) is 0 Å². The summed E-state index contributed by atoms with van der Waals surface area (Å²) in [5.74, 6) is 0.872. The number of nitrogens with zero attached hydrogens (tertiary/aromatic N) is 1. The van der Waals surface area contributed by atoms with Crippen LogP contribution in [-0.4, -0.2) is 29.9 Å². The quantitative estimate of drug-likeness (QED) is 0.640. The smallest absolute Gasteiger partial charge is 0.0185 e. The fourth-order valence-corrected chi connectivity index (χ4v) is 1.75. The number of rotatable bonds is 6. The van der Waals surface area contributed by atoms with Crippen molar-refractivity contribution in [3.63, 3.8) is 0 Å². The van der Waals surface area contributed by atoms with Crippen LogP contribution < -0.4 is 0 Å². The second-order valence-corrected chi connectivity index (χ2v) is 4.27. The van der Waals surface area contributed by atoms with E-state index in [4.69, 9.17) is 0 Å². The molecule has 0 rings (SSSR count). The molecule has 0 aliphatic heterocycles. The second-order valence-electron chi connectivity index (χ2n) is 3.63. The molecule has 0 aliphatic rings. The summed E-state index contributed by atoms with van der Waals surface area (Å²) in [5.41, 5.74) is 0. The molecule has 0 aromatic heterocycles. The van der Waals surface area contributed by atoms with Gasteiger partial charge in [0.1, 0.15) is 0 Å². The van der Waals surface area contributed by atoms with Crippen LogP contribution in [0.4, 0.5) is 0 Å². The lowest BCUT2D eigenvalue weighted by molar-refractivity contribution is 0.227. The number of halogens is 1. The van der Waals surface area contributed by atoms with Gasteiger partial charge >= 0.3 is 0 Å². The van der Waals surface area contributed by atoms with Crippen LogP contribution >= 0.6 is 15.9 Å². The molecule has 0 fully saturated rings. The summed E-state index contributed by atoms with van der Waals surface area (Å²) >= 11 is 3.51. The summed E-state index contributed by atoms with van der Waals surface area (Å²) < 4.78 is 0. The SMILES string of the molecule is CCC(CC)CN(C)C(C)CBr. The predicted octanol–water partition coefficient (Wildman–Crippen LogP) is 3.14. The van der Waals surface area contributed by atoms with E-state index in [-0.39, 0.29) is 0 Å². The van der Waals surface area contributed by atoms with Gasteiger partial charge in [-0.25, -0.2) is 0 Å². The van der Waals surface area contributed by atoms with Crippen molar-refractivity contribution in [3.8, 4) is 0 Å². The average molecular weight is 236 g/mol. The molecule has 0 amide bonds. The molecular weight excluding hydrogens is 214 g/mol. The number of hydrogen-bond acceptors (Lipinski definition) is 1. The predicted molar refractivity (Wildman–Crippen MR) is 60.0 cm³/mol. The second kappa shape index (κ2) is 6.90. The Bertz CT molecular complexity index is 102. The van der Waals surface area contributed by atoms with Crippen molar-refractivity contribution in [2.45, 2.75) is 39.7 Å². The van der Waals surface area contributed by atoms with Crippen molar-refractivity contribution in [2.24, 2.45) is 5.92 Å². The fourth-order valence-electron chi connectivity index (χ4n) is 1.25. The molecule has 0 radical (unpaired) electrons. The largest absolute Gasteiger partial charge is 0.303 e. The Kier molecular flexibility index (Phi) is 7.16. The first-order valence-electron chi connectivity index (χ1n) is 4.91. The van der Waals surface area contributed by atoms with Crippen LogP contribution in [0.2, 0.25) is 0 Å². The lowest BCUT2D eigenvalue weighted by Crippen LogP contribution is -2.34. The monoisotopic (exact) mass is 235 g/mol. The Balaban J connectivity index is 3.72. The van der Waals surface area contributed by atoms with Crippen molar-refractivity contribution < 1.29 is 0 Å². The van der Waals surface area contributed by atoms with E-state index in [1.54, 1.807) is 0 Å². The van der Waals surface area contributed by atoms with Gasteiger partial charge in [0.05, 0.1) is 0 Å². The lowest BCUT2D eigenvalue weighted by Gasteiger charge is -2.26. The molecule has 74 valence electrons. The number of alkyl halides is 1. The molecule has 0 aliphatic carbocycles. The third kappa shape index (κ3) is 4.46. The molecule has 0 aromatic rings. The van der Waals surface area contributed by atoms with Gasteiger partial charge in [-0.2, -0.15) is 0 Å². The van der Waals surface area contributed by atoms with E-state index >= 15 is 0 Å². The van der Waals surface area contributed by atoms with E-state index in [9.17, 15) is 0 Å². The van der Waals surface area contributed by atoms with Gasteiger partial charge in [-0.3, -0.25) is 0 Å². The van der Waals surface area contributed by atoms with Gasteiger partial charge < -0.3 is 4.90 Å². The molecule has 1 nitrogen and oxygen atoms in total. The van der Waals surface area contributed by atoms with Crippen LogP contribution in [0.15, 0.2) is 0 Å². The van der Waals surface area contributed by atoms with Gasteiger partial charge in [0.15, 0.2) is 0 Å². The Morgan fingerprint density at radius 1 is 1.25 bits per heavy atom. The van der Waals surface area contributed by atoms with Crippen LogP contribution in [0.5, 0.6) is 0 Å². The Morgan fingerprint density at radius 2 is 1.75 bits per heavy atom. The van der Waals surface area contributed by atoms with E-state index in [2.05, 4.69) is 48.6 Å². The van der Waals surface area contributed by atoms with Crippen molar-refractivity contribution >= 4 is 15.9 Å². The van der Waals surface area contributed by atoms with E-state index in [1.807, 2.05) is 0 Å². The van der Waals surface area contributed by atoms with E-state index in [0.29, 0.717) is 6.04 Å². The fraction of sp³-hybridized carbons (Fsp3) is 1.00. The summed E-state index contributed by atoms with van der Waals surface area (Å²) in [4.78, 5) is 2.44. The normalized spacial score (nSPS) is 14.2. The maximum Gasteiger partial charge on any atom is 0.0185 e. The third-order valence-electron chi connectivity index (χ3n) is 2.68. The van der Waals surface area contributed by atoms with Crippen LogP contribution in [0.25, 0.3) is 0 Å². The van der Waals surface area contributed by atoms with Gasteiger partial charge in [-0.15, -0.1) is 0 Å². The van der Waals surface area contributed by atoms with Gasteiger partial charge in [0.25, 0.3) is 0 Å². The summed E-state index contributed by atoms with van der Waals surface area (Å²) in [6.07, 6.45) is 2.60. The maximum atomic E-state index is 3.51. The summed E-state index contributed by atoms with van der Waals surface area (Å²) in [5, 5.41) is 1.07. The van der Waals surface area contributed by atoms with E-state index < -0.39 is 0 Å². The minimum Gasteiger partial charge on any atom is -0.303 e. The standard InChI is InChI=1S/C10H22BrN/c1-5-10(6-2)8-12(4)9(3)7-11/h9-10H,5-8H2,1-4H3. The molecule has 0 aromatic carbocycles. The summed E-state index contributed by atoms with van der Waals surface area (Å²) in [7, 11) is 2.21. The number of hydrogen-bond donors (Lipinski definition) is 0. The van der Waals surface area contributed by atoms with Gasteiger partial charge in [-0.1, -0.05) is 42.6 Å². The van der Waals surface area contributed by atoms with E-state index in [1.165, 1.54) is 19.4 Å². The summed E-state index contributed by atoms with van der Waals surface area (Å²) in [6.45, 7) is 8.05. The highest BCUT2D eigenvalue weighted by Gasteiger charge is 2.11. The van der Waals surface area contributed by atoms with Gasteiger partial charge in [-0.05, 0) is 19.9 Å². The third-order valence-corrected chi connectivity index (χ3v) is 3.61. The molecule has 12 heavy (non-hydrogen) atoms. The molecule has 1 atom stereocenters. The van der Waals surface area contributed by atoms with E-state index in [0.717, 1.165) is 11.2 Å². The first-order valence-corrected chi connectivity index (χ1v) is 6.03. The van der Waals surface area contributed by atoms with Crippen LogP contribution in [0.3, 0.4) is 0 Å². The molecule has 0 bridgehead atoms. The van der Waals surface area contributed by atoms with Crippen LogP contribution in [0, 0.1) is 5.92 Å². The maximum absolute atomic E-state index is 3.51. The van der Waals surface area contributed by atoms with Crippen molar-refractivity contribution in [1.82, 2.24) is 4.90 Å². The van der Waals surface area contributed by atoms with Gasteiger partial charge in [0.2, 0.25) is 0 Å². The Labute approximate surface area is 85.7 Å². The molecule has 1 unspecified atom stereocenters. The average Bonchev–Trinajstić information content (AvgIpc) is 2.12.